The largest absolute Gasteiger partial charge is 0.497 e. The van der Waals surface area contributed by atoms with Gasteiger partial charge in [-0.3, -0.25) is 14.5 Å². The third kappa shape index (κ3) is 5.70. The lowest BCUT2D eigenvalue weighted by molar-refractivity contribution is -0.133. The van der Waals surface area contributed by atoms with E-state index in [4.69, 9.17) is 4.74 Å². The van der Waals surface area contributed by atoms with Gasteiger partial charge in [-0.15, -0.1) is 0 Å². The maximum absolute atomic E-state index is 13.3. The van der Waals surface area contributed by atoms with Crippen LogP contribution in [0.4, 0.5) is 4.79 Å². The maximum atomic E-state index is 13.3. The second kappa shape index (κ2) is 11.1. The summed E-state index contributed by atoms with van der Waals surface area (Å²) in [6, 6.07) is 17.0. The summed E-state index contributed by atoms with van der Waals surface area (Å²) in [4.78, 5) is 42.1. The van der Waals surface area contributed by atoms with E-state index in [0.717, 1.165) is 29.8 Å². The highest BCUT2D eigenvalue weighted by Crippen LogP contribution is 2.31. The van der Waals surface area contributed by atoms with Crippen molar-refractivity contribution < 1.29 is 19.1 Å². The zero-order valence-electron chi connectivity index (χ0n) is 21.3. The molecule has 8 nitrogen and oxygen atoms in total. The second-order valence-electron chi connectivity index (χ2n) is 10.0. The Bertz CT molecular complexity index is 1060. The highest BCUT2D eigenvalue weighted by atomic mass is 16.5. The van der Waals surface area contributed by atoms with Crippen LogP contribution in [0.3, 0.4) is 0 Å². The number of amides is 4. The van der Waals surface area contributed by atoms with Gasteiger partial charge in [0.15, 0.2) is 0 Å². The number of hydrogen-bond acceptors (Lipinski definition) is 5. The lowest BCUT2D eigenvalue weighted by Crippen LogP contribution is -2.55. The third-order valence-corrected chi connectivity index (χ3v) is 7.23. The Morgan fingerprint density at radius 1 is 1.06 bits per heavy atom. The fourth-order valence-corrected chi connectivity index (χ4v) is 4.89. The van der Waals surface area contributed by atoms with Crippen LogP contribution in [-0.2, 0) is 16.1 Å². The normalized spacial score (nSPS) is 18.4. The summed E-state index contributed by atoms with van der Waals surface area (Å²) in [7, 11) is 1.60. The number of ether oxygens (including phenoxy) is 1. The fourth-order valence-electron chi connectivity index (χ4n) is 4.89. The second-order valence-corrected chi connectivity index (χ2v) is 10.0. The van der Waals surface area contributed by atoms with E-state index in [1.807, 2.05) is 68.4 Å². The van der Waals surface area contributed by atoms with Crippen molar-refractivity contribution in [2.45, 2.75) is 51.2 Å². The van der Waals surface area contributed by atoms with Crippen molar-refractivity contribution >= 4 is 17.8 Å². The molecule has 2 aromatic rings. The maximum Gasteiger partial charge on any atom is 0.325 e. The standard InChI is InChI=1S/C28H36N4O4/c1-20(2)25(33)29-24(22-7-5-4-6-8-22)13-16-31-17-14-28(15-18-31)26(34)32(27(35)30-28)19-21-9-11-23(36-3)12-10-21/h4-12,20,24H,13-19H2,1-3H3,(H,29,33)(H,30,35). The number of imide groups is 1. The summed E-state index contributed by atoms with van der Waals surface area (Å²) >= 11 is 0. The first kappa shape index (κ1) is 25.7. The molecule has 0 aromatic heterocycles. The smallest absolute Gasteiger partial charge is 0.325 e. The molecule has 2 fully saturated rings. The molecular formula is C28H36N4O4. The number of methoxy groups -OCH3 is 1. The average molecular weight is 493 g/mol. The first-order chi connectivity index (χ1) is 17.3. The summed E-state index contributed by atoms with van der Waals surface area (Å²) in [6.45, 7) is 6.25. The fraction of sp³-hybridized carbons (Fsp3) is 0.464. The van der Waals surface area contributed by atoms with Gasteiger partial charge in [0.25, 0.3) is 5.91 Å². The number of nitrogens with zero attached hydrogens (tertiary/aromatic N) is 2. The molecular weight excluding hydrogens is 456 g/mol. The average Bonchev–Trinajstić information content (AvgIpc) is 3.12. The van der Waals surface area contributed by atoms with Crippen molar-refractivity contribution in [3.8, 4) is 5.75 Å². The number of likely N-dealkylation sites (tertiary alicyclic amines) is 1. The van der Waals surface area contributed by atoms with Crippen LogP contribution >= 0.6 is 0 Å². The molecule has 0 radical (unpaired) electrons. The number of benzene rings is 2. The number of urea groups is 1. The van der Waals surface area contributed by atoms with Crippen molar-refractivity contribution in [2.75, 3.05) is 26.7 Å². The number of hydrogen-bond donors (Lipinski definition) is 2. The van der Waals surface area contributed by atoms with Gasteiger partial charge >= 0.3 is 6.03 Å². The van der Waals surface area contributed by atoms with E-state index in [1.165, 1.54) is 4.90 Å². The third-order valence-electron chi connectivity index (χ3n) is 7.23. The van der Waals surface area contributed by atoms with Gasteiger partial charge in [-0.2, -0.15) is 0 Å². The molecule has 8 heteroatoms. The van der Waals surface area contributed by atoms with E-state index in [2.05, 4.69) is 15.5 Å². The Morgan fingerprint density at radius 3 is 2.33 bits per heavy atom. The number of carbonyl (C=O) groups is 3. The van der Waals surface area contributed by atoms with E-state index in [0.29, 0.717) is 25.9 Å². The van der Waals surface area contributed by atoms with Crippen LogP contribution in [0.2, 0.25) is 0 Å². The molecule has 2 aliphatic heterocycles. The summed E-state index contributed by atoms with van der Waals surface area (Å²) in [5.74, 6) is 0.550. The van der Waals surface area contributed by atoms with Crippen molar-refractivity contribution in [3.05, 3.63) is 65.7 Å². The molecule has 2 saturated heterocycles. The predicted octanol–water partition coefficient (Wildman–Crippen LogP) is 3.49. The van der Waals surface area contributed by atoms with Gasteiger partial charge in [-0.25, -0.2) is 4.79 Å². The molecule has 1 atom stereocenters. The molecule has 2 aliphatic rings. The Morgan fingerprint density at radius 2 is 1.72 bits per heavy atom. The van der Waals surface area contributed by atoms with E-state index in [1.54, 1.807) is 7.11 Å². The summed E-state index contributed by atoms with van der Waals surface area (Å²) < 4.78 is 5.19. The van der Waals surface area contributed by atoms with Crippen LogP contribution < -0.4 is 15.4 Å². The molecule has 0 aliphatic carbocycles. The van der Waals surface area contributed by atoms with Crippen LogP contribution in [0, 0.1) is 5.92 Å². The van der Waals surface area contributed by atoms with Gasteiger partial charge in [-0.1, -0.05) is 56.3 Å². The zero-order chi connectivity index (χ0) is 25.7. The molecule has 1 spiro atoms. The monoisotopic (exact) mass is 492 g/mol. The van der Waals surface area contributed by atoms with Gasteiger partial charge in [0.1, 0.15) is 11.3 Å². The predicted molar refractivity (Wildman–Crippen MR) is 137 cm³/mol. The van der Waals surface area contributed by atoms with Crippen molar-refractivity contribution in [1.29, 1.82) is 0 Å². The molecule has 192 valence electrons. The van der Waals surface area contributed by atoms with Crippen molar-refractivity contribution in [1.82, 2.24) is 20.4 Å². The lowest BCUT2D eigenvalue weighted by Gasteiger charge is -2.37. The first-order valence-corrected chi connectivity index (χ1v) is 12.7. The molecule has 0 bridgehead atoms. The molecule has 2 heterocycles. The van der Waals surface area contributed by atoms with Gasteiger partial charge in [0.2, 0.25) is 5.91 Å². The topological polar surface area (TPSA) is 91.0 Å². The summed E-state index contributed by atoms with van der Waals surface area (Å²) in [6.07, 6.45) is 1.93. The van der Waals surface area contributed by atoms with E-state index in [9.17, 15) is 14.4 Å². The van der Waals surface area contributed by atoms with E-state index >= 15 is 0 Å². The van der Waals surface area contributed by atoms with Crippen LogP contribution in [-0.4, -0.2) is 59.9 Å². The van der Waals surface area contributed by atoms with Gasteiger partial charge in [0.05, 0.1) is 19.7 Å². The highest BCUT2D eigenvalue weighted by molar-refractivity contribution is 6.07. The number of rotatable bonds is 9. The quantitative estimate of drug-likeness (QED) is 0.523. The molecule has 36 heavy (non-hydrogen) atoms. The summed E-state index contributed by atoms with van der Waals surface area (Å²) in [5, 5.41) is 6.17. The number of piperidine rings is 1. The van der Waals surface area contributed by atoms with Crippen molar-refractivity contribution in [3.63, 3.8) is 0 Å². The minimum absolute atomic E-state index is 0.0395. The number of carbonyl (C=O) groups excluding carboxylic acids is 3. The Kier molecular flexibility index (Phi) is 7.94. The van der Waals surface area contributed by atoms with Gasteiger partial charge in [-0.05, 0) is 42.5 Å². The summed E-state index contributed by atoms with van der Waals surface area (Å²) in [5.41, 5.74) is 1.14. The van der Waals surface area contributed by atoms with Crippen LogP contribution in [0.1, 0.15) is 50.3 Å². The molecule has 0 saturated carbocycles. The minimum atomic E-state index is -0.829. The van der Waals surface area contributed by atoms with E-state index < -0.39 is 5.54 Å². The molecule has 1 unspecified atom stereocenters. The first-order valence-electron chi connectivity index (χ1n) is 12.7. The highest BCUT2D eigenvalue weighted by Gasteiger charge is 2.52. The van der Waals surface area contributed by atoms with Crippen LogP contribution in [0.15, 0.2) is 54.6 Å². The molecule has 4 rings (SSSR count). The van der Waals surface area contributed by atoms with Crippen LogP contribution in [0.25, 0.3) is 0 Å². The SMILES string of the molecule is COc1ccc(CN2C(=O)NC3(CCN(CCC(NC(=O)C(C)C)c4ccccc4)CC3)C2=O)cc1. The van der Waals surface area contributed by atoms with E-state index in [-0.39, 0.29) is 36.3 Å². The van der Waals surface area contributed by atoms with Gasteiger partial charge in [0, 0.05) is 25.6 Å². The minimum Gasteiger partial charge on any atom is -0.497 e. The molecule has 2 aromatic carbocycles. The molecule has 2 N–H and O–H groups in total. The Hall–Kier alpha value is -3.39. The Balaban J connectivity index is 1.34. The zero-order valence-corrected chi connectivity index (χ0v) is 21.3. The van der Waals surface area contributed by atoms with Crippen molar-refractivity contribution in [2.24, 2.45) is 5.92 Å². The Labute approximate surface area is 213 Å². The number of nitrogens with one attached hydrogen (secondary N) is 2. The van der Waals surface area contributed by atoms with Gasteiger partial charge < -0.3 is 20.3 Å². The van der Waals surface area contributed by atoms with Crippen LogP contribution in [0.5, 0.6) is 5.75 Å². The lowest BCUT2D eigenvalue weighted by atomic mass is 9.87. The molecule has 4 amide bonds.